The number of rotatable bonds is 3. The quantitative estimate of drug-likeness (QED) is 0.817. The van der Waals surface area contributed by atoms with E-state index in [1.165, 1.54) is 13.2 Å². The predicted molar refractivity (Wildman–Crippen MR) is 63.0 cm³/mol. The number of carbonyl (C=O) groups excluding carboxylic acids is 1. The Morgan fingerprint density at radius 2 is 2.24 bits per heavy atom. The molecule has 0 aromatic heterocycles. The zero-order valence-electron chi connectivity index (χ0n) is 9.82. The van der Waals surface area contributed by atoms with Crippen molar-refractivity contribution in [3.8, 4) is 11.5 Å². The van der Waals surface area contributed by atoms with Gasteiger partial charge in [0.05, 0.1) is 7.11 Å². The van der Waals surface area contributed by atoms with Crippen LogP contribution < -0.4 is 4.74 Å². The number of unbranched alkanes of at least 4 members (excludes halogenated alkanes) is 1. The van der Waals surface area contributed by atoms with Crippen LogP contribution in [0, 0.1) is 0 Å². The number of allylic oxidation sites excluding steroid dienone is 1. The molecule has 4 nitrogen and oxygen atoms in total. The summed E-state index contributed by atoms with van der Waals surface area (Å²) in [4.78, 5) is 11.7. The molecule has 90 valence electrons. The molecular formula is C13H14O4. The molecule has 0 saturated heterocycles. The lowest BCUT2D eigenvalue weighted by Gasteiger charge is -2.05. The summed E-state index contributed by atoms with van der Waals surface area (Å²) >= 11 is 0. The molecule has 17 heavy (non-hydrogen) atoms. The maximum atomic E-state index is 11.7. The molecule has 0 amide bonds. The highest BCUT2D eigenvalue weighted by atomic mass is 16.5. The van der Waals surface area contributed by atoms with Crippen LogP contribution in [0.1, 0.15) is 35.7 Å². The van der Waals surface area contributed by atoms with Gasteiger partial charge >= 0.3 is 5.97 Å². The Kier molecular flexibility index (Phi) is 3.04. The van der Waals surface area contributed by atoms with Gasteiger partial charge in [-0.15, -0.1) is 0 Å². The number of phenols is 1. The molecule has 0 bridgehead atoms. The lowest BCUT2D eigenvalue weighted by Crippen LogP contribution is -1.98. The highest BCUT2D eigenvalue weighted by molar-refractivity contribution is 6.05. The first-order valence-electron chi connectivity index (χ1n) is 5.51. The molecule has 1 aromatic carbocycles. The fourth-order valence-electron chi connectivity index (χ4n) is 1.82. The van der Waals surface area contributed by atoms with E-state index >= 15 is 0 Å². The van der Waals surface area contributed by atoms with E-state index in [4.69, 9.17) is 9.47 Å². The molecule has 0 fully saturated rings. The van der Waals surface area contributed by atoms with E-state index in [-0.39, 0.29) is 11.5 Å². The van der Waals surface area contributed by atoms with Crippen LogP contribution in [0.5, 0.6) is 11.5 Å². The zero-order valence-corrected chi connectivity index (χ0v) is 9.82. The first kappa shape index (κ1) is 11.5. The maximum absolute atomic E-state index is 11.7. The number of aromatic hydroxyl groups is 1. The number of benzene rings is 1. The number of fused-ring (bicyclic) bond motifs is 1. The van der Waals surface area contributed by atoms with E-state index < -0.39 is 5.97 Å². The summed E-state index contributed by atoms with van der Waals surface area (Å²) in [5, 5.41) is 9.60. The highest BCUT2D eigenvalue weighted by Gasteiger charge is 2.31. The summed E-state index contributed by atoms with van der Waals surface area (Å²) in [6.45, 7) is 2.05. The second-order valence-electron chi connectivity index (χ2n) is 3.79. The summed E-state index contributed by atoms with van der Waals surface area (Å²) in [6, 6.07) is 3.17. The summed E-state index contributed by atoms with van der Waals surface area (Å²) in [6.07, 6.45) is 3.69. The van der Waals surface area contributed by atoms with Crippen molar-refractivity contribution in [2.75, 3.05) is 7.11 Å². The largest absolute Gasteiger partial charge is 0.504 e. The van der Waals surface area contributed by atoms with Gasteiger partial charge in [0, 0.05) is 5.56 Å². The zero-order chi connectivity index (χ0) is 12.4. The van der Waals surface area contributed by atoms with Gasteiger partial charge in [0.25, 0.3) is 0 Å². The van der Waals surface area contributed by atoms with Gasteiger partial charge in [-0.05, 0) is 24.6 Å². The van der Waals surface area contributed by atoms with E-state index in [9.17, 15) is 9.90 Å². The Balaban J connectivity index is 2.54. The third-order valence-corrected chi connectivity index (χ3v) is 2.63. The van der Waals surface area contributed by atoms with E-state index in [1.807, 2.05) is 13.0 Å². The molecular weight excluding hydrogens is 220 g/mol. The average molecular weight is 234 g/mol. The number of ether oxygens (including phenoxy) is 2. The van der Waals surface area contributed by atoms with Crippen molar-refractivity contribution in [2.24, 2.45) is 0 Å². The number of phenolic OH excluding ortho intramolecular Hbond substituents is 1. The molecule has 4 heteroatoms. The van der Waals surface area contributed by atoms with Crippen molar-refractivity contribution >= 4 is 11.7 Å². The van der Waals surface area contributed by atoms with Gasteiger partial charge < -0.3 is 14.6 Å². The fourth-order valence-corrected chi connectivity index (χ4v) is 1.82. The molecule has 1 aliphatic rings. The fraction of sp³-hybridized carbons (Fsp3) is 0.308. The van der Waals surface area contributed by atoms with Gasteiger partial charge in [0.1, 0.15) is 11.3 Å². The number of esters is 1. The van der Waals surface area contributed by atoms with Gasteiger partial charge in [-0.25, -0.2) is 4.79 Å². The molecule has 1 N–H and O–H groups in total. The normalized spacial score (nSPS) is 15.9. The summed E-state index contributed by atoms with van der Waals surface area (Å²) in [5.74, 6) is 0.188. The van der Waals surface area contributed by atoms with Crippen LogP contribution in [0.4, 0.5) is 0 Å². The third kappa shape index (κ3) is 1.86. The summed E-state index contributed by atoms with van der Waals surface area (Å²) < 4.78 is 10.2. The van der Waals surface area contributed by atoms with Gasteiger partial charge in [-0.2, -0.15) is 0 Å². The van der Waals surface area contributed by atoms with Crippen molar-refractivity contribution in [3.05, 3.63) is 29.3 Å². The maximum Gasteiger partial charge on any atom is 0.348 e. The minimum atomic E-state index is -0.477. The van der Waals surface area contributed by atoms with E-state index in [0.717, 1.165) is 12.8 Å². The lowest BCUT2D eigenvalue weighted by molar-refractivity contribution is 0.0712. The van der Waals surface area contributed by atoms with Crippen LogP contribution in [-0.4, -0.2) is 18.2 Å². The van der Waals surface area contributed by atoms with Crippen molar-refractivity contribution in [1.82, 2.24) is 0 Å². The first-order chi connectivity index (χ1) is 8.19. The van der Waals surface area contributed by atoms with Crippen molar-refractivity contribution in [3.63, 3.8) is 0 Å². The van der Waals surface area contributed by atoms with Crippen molar-refractivity contribution in [1.29, 1.82) is 0 Å². The van der Waals surface area contributed by atoms with Crippen LogP contribution in [0.25, 0.3) is 5.76 Å². The minimum Gasteiger partial charge on any atom is -0.504 e. The summed E-state index contributed by atoms with van der Waals surface area (Å²) in [7, 11) is 1.41. The van der Waals surface area contributed by atoms with E-state index in [0.29, 0.717) is 16.9 Å². The molecule has 0 aliphatic carbocycles. The molecule has 0 spiro atoms. The molecule has 2 rings (SSSR count). The van der Waals surface area contributed by atoms with Gasteiger partial charge in [-0.3, -0.25) is 0 Å². The van der Waals surface area contributed by atoms with Crippen molar-refractivity contribution < 1.29 is 19.4 Å². The second kappa shape index (κ2) is 4.49. The molecule has 0 radical (unpaired) electrons. The molecule has 0 saturated carbocycles. The van der Waals surface area contributed by atoms with Crippen LogP contribution in [0.2, 0.25) is 0 Å². The number of carbonyl (C=O) groups is 1. The van der Waals surface area contributed by atoms with Gasteiger partial charge in [-0.1, -0.05) is 13.3 Å². The van der Waals surface area contributed by atoms with Crippen molar-refractivity contribution in [2.45, 2.75) is 19.8 Å². The Morgan fingerprint density at radius 3 is 2.88 bits per heavy atom. The van der Waals surface area contributed by atoms with E-state index in [1.54, 1.807) is 6.07 Å². The predicted octanol–water partition coefficient (Wildman–Crippen LogP) is 2.71. The molecule has 0 atom stereocenters. The molecule has 0 unspecified atom stereocenters. The van der Waals surface area contributed by atoms with Crippen LogP contribution in [-0.2, 0) is 4.74 Å². The Hall–Kier alpha value is -1.97. The third-order valence-electron chi connectivity index (χ3n) is 2.63. The number of hydrogen-bond acceptors (Lipinski definition) is 4. The van der Waals surface area contributed by atoms with E-state index in [2.05, 4.69) is 0 Å². The Morgan fingerprint density at radius 1 is 1.47 bits per heavy atom. The molecule has 1 aliphatic heterocycles. The standard InChI is InChI=1S/C13H14O4/c1-3-4-5-10-8-6-7-9(14)12(16-2)11(8)13(15)17-10/h5-7,14H,3-4H2,1-2H3. The summed E-state index contributed by atoms with van der Waals surface area (Å²) in [5.41, 5.74) is 0.980. The van der Waals surface area contributed by atoms with Crippen LogP contribution in [0.3, 0.4) is 0 Å². The minimum absolute atomic E-state index is 0.0556. The molecule has 1 heterocycles. The Bertz CT molecular complexity index is 488. The number of methoxy groups -OCH3 is 1. The number of hydrogen-bond donors (Lipinski definition) is 1. The monoisotopic (exact) mass is 234 g/mol. The lowest BCUT2D eigenvalue weighted by atomic mass is 10.1. The topological polar surface area (TPSA) is 55.8 Å². The van der Waals surface area contributed by atoms with Crippen LogP contribution >= 0.6 is 0 Å². The first-order valence-corrected chi connectivity index (χ1v) is 5.51. The highest BCUT2D eigenvalue weighted by Crippen LogP contribution is 2.40. The van der Waals surface area contributed by atoms with Gasteiger partial charge in [0.15, 0.2) is 11.5 Å². The van der Waals surface area contributed by atoms with Gasteiger partial charge in [0.2, 0.25) is 0 Å². The second-order valence-corrected chi connectivity index (χ2v) is 3.79. The van der Waals surface area contributed by atoms with Crippen LogP contribution in [0.15, 0.2) is 18.2 Å². The number of cyclic esters (lactones) is 1. The molecule has 1 aromatic rings. The smallest absolute Gasteiger partial charge is 0.348 e. The Labute approximate surface area is 99.5 Å². The SMILES string of the molecule is CCCC=C1OC(=O)c2c1ccc(O)c2OC. The average Bonchev–Trinajstić information content (AvgIpc) is 2.64.